The summed E-state index contributed by atoms with van der Waals surface area (Å²) in [5, 5.41) is 3.39. The molecule has 1 atom stereocenters. The highest BCUT2D eigenvalue weighted by Crippen LogP contribution is 2.12. The van der Waals surface area contributed by atoms with Gasteiger partial charge in [0.25, 0.3) is 5.91 Å². The summed E-state index contributed by atoms with van der Waals surface area (Å²) in [6, 6.07) is 3.90. The van der Waals surface area contributed by atoms with Gasteiger partial charge in [0.15, 0.2) is 0 Å². The van der Waals surface area contributed by atoms with E-state index in [1.54, 1.807) is 12.3 Å². The van der Waals surface area contributed by atoms with Crippen molar-refractivity contribution in [3.8, 4) is 0 Å². The molecule has 1 amide bonds. The van der Waals surface area contributed by atoms with E-state index in [1.165, 1.54) is 32.4 Å². The number of carbonyl (C=O) groups is 1. The number of carbonyl (C=O) groups excluding carboxylic acids is 1. The van der Waals surface area contributed by atoms with Crippen LogP contribution in [0.2, 0.25) is 0 Å². The van der Waals surface area contributed by atoms with E-state index < -0.39 is 5.91 Å². The summed E-state index contributed by atoms with van der Waals surface area (Å²) in [7, 11) is 0. The minimum absolute atomic E-state index is 0.301. The van der Waals surface area contributed by atoms with E-state index in [0.717, 1.165) is 12.2 Å². The average Bonchev–Trinajstić information content (AvgIpc) is 2.40. The number of nitrogens with two attached hydrogens (primary N) is 1. The molecule has 104 valence electrons. The number of amides is 1. The molecule has 5 heteroatoms. The van der Waals surface area contributed by atoms with Crippen LogP contribution in [0.4, 0.5) is 5.69 Å². The number of aromatic nitrogens is 1. The third-order valence-electron chi connectivity index (χ3n) is 3.41. The van der Waals surface area contributed by atoms with Crippen LogP contribution in [-0.4, -0.2) is 41.5 Å². The third-order valence-corrected chi connectivity index (χ3v) is 3.41. The smallest absolute Gasteiger partial charge is 0.267 e. The average molecular weight is 262 g/mol. The second-order valence-electron chi connectivity index (χ2n) is 5.20. The zero-order valence-electron chi connectivity index (χ0n) is 11.4. The van der Waals surface area contributed by atoms with Crippen LogP contribution >= 0.6 is 0 Å². The first-order valence-electron chi connectivity index (χ1n) is 6.90. The maximum atomic E-state index is 11.1. The molecule has 1 aliphatic rings. The quantitative estimate of drug-likeness (QED) is 0.843. The molecule has 0 spiro atoms. The van der Waals surface area contributed by atoms with Gasteiger partial charge in [-0.25, -0.2) is 0 Å². The van der Waals surface area contributed by atoms with Gasteiger partial charge in [0, 0.05) is 24.5 Å². The fourth-order valence-electron chi connectivity index (χ4n) is 2.51. The van der Waals surface area contributed by atoms with E-state index >= 15 is 0 Å². The summed E-state index contributed by atoms with van der Waals surface area (Å²) in [6.07, 6.45) is 5.56. The minimum atomic E-state index is -0.493. The first kappa shape index (κ1) is 13.8. The number of nitrogens with zero attached hydrogens (tertiary/aromatic N) is 2. The molecule has 0 bridgehead atoms. The van der Waals surface area contributed by atoms with Gasteiger partial charge in [-0.15, -0.1) is 0 Å². The summed E-state index contributed by atoms with van der Waals surface area (Å²) >= 11 is 0. The largest absolute Gasteiger partial charge is 0.381 e. The molecule has 0 radical (unpaired) electrons. The molecule has 2 heterocycles. The zero-order chi connectivity index (χ0) is 13.7. The van der Waals surface area contributed by atoms with Gasteiger partial charge in [-0.3, -0.25) is 9.78 Å². The number of likely N-dealkylation sites (tertiary alicyclic amines) is 1. The van der Waals surface area contributed by atoms with E-state index in [1.807, 2.05) is 6.07 Å². The monoisotopic (exact) mass is 262 g/mol. The Kier molecular flexibility index (Phi) is 4.74. The van der Waals surface area contributed by atoms with Crippen molar-refractivity contribution in [3.05, 3.63) is 24.0 Å². The predicted molar refractivity (Wildman–Crippen MR) is 76.1 cm³/mol. The van der Waals surface area contributed by atoms with Crippen LogP contribution in [0.3, 0.4) is 0 Å². The maximum absolute atomic E-state index is 11.1. The van der Waals surface area contributed by atoms with Crippen LogP contribution < -0.4 is 11.1 Å². The van der Waals surface area contributed by atoms with Crippen molar-refractivity contribution in [1.29, 1.82) is 0 Å². The van der Waals surface area contributed by atoms with E-state index in [0.29, 0.717) is 11.7 Å². The first-order valence-corrected chi connectivity index (χ1v) is 6.90. The van der Waals surface area contributed by atoms with Crippen LogP contribution in [0.5, 0.6) is 0 Å². The van der Waals surface area contributed by atoms with E-state index in [-0.39, 0.29) is 0 Å². The maximum Gasteiger partial charge on any atom is 0.267 e. The first-order chi connectivity index (χ1) is 9.15. The fourth-order valence-corrected chi connectivity index (χ4v) is 2.51. The van der Waals surface area contributed by atoms with Crippen molar-refractivity contribution in [2.24, 2.45) is 5.73 Å². The highest BCUT2D eigenvalue weighted by Gasteiger charge is 2.13. The normalized spacial score (nSPS) is 17.9. The highest BCUT2D eigenvalue weighted by atomic mass is 16.1. The number of rotatable bonds is 5. The minimum Gasteiger partial charge on any atom is -0.381 e. The third kappa shape index (κ3) is 4.21. The van der Waals surface area contributed by atoms with Crippen LogP contribution in [0, 0.1) is 0 Å². The summed E-state index contributed by atoms with van der Waals surface area (Å²) in [6.45, 7) is 5.55. The molecule has 1 aromatic heterocycles. The summed E-state index contributed by atoms with van der Waals surface area (Å²) in [4.78, 5) is 17.5. The van der Waals surface area contributed by atoms with Crippen molar-refractivity contribution in [2.45, 2.75) is 32.2 Å². The Morgan fingerprint density at radius 3 is 2.89 bits per heavy atom. The van der Waals surface area contributed by atoms with Gasteiger partial charge in [-0.1, -0.05) is 6.42 Å². The topological polar surface area (TPSA) is 71.2 Å². The molecule has 1 fully saturated rings. The molecular formula is C14H22N4O. The van der Waals surface area contributed by atoms with Crippen molar-refractivity contribution >= 4 is 11.6 Å². The molecule has 19 heavy (non-hydrogen) atoms. The molecule has 3 N–H and O–H groups in total. The number of hydrogen-bond donors (Lipinski definition) is 2. The molecule has 1 aromatic rings. The Bertz CT molecular complexity index is 429. The Balaban J connectivity index is 1.88. The van der Waals surface area contributed by atoms with Crippen LogP contribution in [0.15, 0.2) is 18.3 Å². The second kappa shape index (κ2) is 6.52. The Hall–Kier alpha value is -1.62. The molecule has 0 aliphatic carbocycles. The van der Waals surface area contributed by atoms with E-state index in [2.05, 4.69) is 22.1 Å². The number of primary amides is 1. The lowest BCUT2D eigenvalue weighted by atomic mass is 10.1. The van der Waals surface area contributed by atoms with Gasteiger partial charge in [-0.2, -0.15) is 0 Å². The van der Waals surface area contributed by atoms with E-state index in [9.17, 15) is 4.79 Å². The van der Waals surface area contributed by atoms with Crippen molar-refractivity contribution < 1.29 is 4.79 Å². The second-order valence-corrected chi connectivity index (χ2v) is 5.20. The summed E-state index contributed by atoms with van der Waals surface area (Å²) < 4.78 is 0. The van der Waals surface area contributed by atoms with Gasteiger partial charge in [0.1, 0.15) is 5.69 Å². The fraction of sp³-hybridized carbons (Fsp3) is 0.571. The molecule has 1 aliphatic heterocycles. The number of piperidine rings is 1. The van der Waals surface area contributed by atoms with Gasteiger partial charge in [-0.05, 0) is 45.0 Å². The lowest BCUT2D eigenvalue weighted by Gasteiger charge is -2.29. The number of pyridine rings is 1. The summed E-state index contributed by atoms with van der Waals surface area (Å²) in [5.74, 6) is -0.493. The molecule has 2 rings (SSSR count). The lowest BCUT2D eigenvalue weighted by Crippen LogP contribution is -2.38. The standard InChI is InChI=1S/C14H22N4O/c1-11(10-18-7-3-2-4-8-18)17-12-5-6-16-13(9-12)14(15)19/h5-6,9,11H,2-4,7-8,10H2,1H3,(H2,15,19)(H,16,17). The number of hydrogen-bond acceptors (Lipinski definition) is 4. The van der Waals surface area contributed by atoms with Crippen LogP contribution in [-0.2, 0) is 0 Å². The zero-order valence-corrected chi connectivity index (χ0v) is 11.4. The lowest BCUT2D eigenvalue weighted by molar-refractivity contribution is 0.0995. The molecule has 1 unspecified atom stereocenters. The number of nitrogens with one attached hydrogen (secondary N) is 1. The van der Waals surface area contributed by atoms with Gasteiger partial charge in [0.05, 0.1) is 0 Å². The summed E-state index contributed by atoms with van der Waals surface area (Å²) in [5.41, 5.74) is 6.42. The Labute approximate surface area is 114 Å². The van der Waals surface area contributed by atoms with Gasteiger partial charge < -0.3 is 16.0 Å². The van der Waals surface area contributed by atoms with Crippen molar-refractivity contribution in [3.63, 3.8) is 0 Å². The molecule has 1 saturated heterocycles. The van der Waals surface area contributed by atoms with Crippen LogP contribution in [0.25, 0.3) is 0 Å². The predicted octanol–water partition coefficient (Wildman–Crippen LogP) is 1.47. The molecule has 5 nitrogen and oxygen atoms in total. The van der Waals surface area contributed by atoms with Gasteiger partial charge >= 0.3 is 0 Å². The van der Waals surface area contributed by atoms with Crippen molar-refractivity contribution in [1.82, 2.24) is 9.88 Å². The van der Waals surface area contributed by atoms with Gasteiger partial charge in [0.2, 0.25) is 0 Å². The SMILES string of the molecule is CC(CN1CCCCC1)Nc1ccnc(C(N)=O)c1. The Morgan fingerprint density at radius 2 is 2.21 bits per heavy atom. The van der Waals surface area contributed by atoms with Crippen molar-refractivity contribution in [2.75, 3.05) is 25.0 Å². The Morgan fingerprint density at radius 1 is 1.47 bits per heavy atom. The molecule has 0 saturated carbocycles. The molecular weight excluding hydrogens is 240 g/mol. The molecule has 0 aromatic carbocycles. The van der Waals surface area contributed by atoms with Crippen LogP contribution in [0.1, 0.15) is 36.7 Å². The van der Waals surface area contributed by atoms with E-state index in [4.69, 9.17) is 5.73 Å². The highest BCUT2D eigenvalue weighted by molar-refractivity contribution is 5.91. The number of anilines is 1.